The first-order valence-electron chi connectivity index (χ1n) is 9.10. The number of ether oxygens (including phenoxy) is 1. The Morgan fingerprint density at radius 1 is 1.30 bits per heavy atom. The van der Waals surface area contributed by atoms with Gasteiger partial charge < -0.3 is 15.4 Å². The van der Waals surface area contributed by atoms with E-state index in [0.29, 0.717) is 18.8 Å². The first-order chi connectivity index (χ1) is 12.9. The van der Waals surface area contributed by atoms with Crippen LogP contribution in [0.15, 0.2) is 22.7 Å². The normalized spacial score (nSPS) is 17.2. The van der Waals surface area contributed by atoms with Gasteiger partial charge in [-0.1, -0.05) is 15.9 Å². The van der Waals surface area contributed by atoms with Crippen LogP contribution in [0.2, 0.25) is 0 Å². The minimum absolute atomic E-state index is 0.0938. The number of carbonyl (C=O) groups is 3. The molecule has 1 atom stereocenters. The molecule has 7 nitrogen and oxygen atoms in total. The van der Waals surface area contributed by atoms with Gasteiger partial charge in [-0.05, 0) is 57.0 Å². The molecule has 1 saturated heterocycles. The molecule has 27 heavy (non-hydrogen) atoms. The molecule has 2 rings (SSSR count). The Morgan fingerprint density at radius 3 is 2.78 bits per heavy atom. The number of hydrogen-bond acceptors (Lipinski definition) is 5. The molecule has 8 heteroatoms. The highest BCUT2D eigenvalue weighted by Crippen LogP contribution is 2.20. The summed E-state index contributed by atoms with van der Waals surface area (Å²) in [6, 6.07) is 5.56. The van der Waals surface area contributed by atoms with E-state index in [-0.39, 0.29) is 36.8 Å². The summed E-state index contributed by atoms with van der Waals surface area (Å²) < 4.78 is 6.00. The summed E-state index contributed by atoms with van der Waals surface area (Å²) in [5.41, 5.74) is 1.65. The van der Waals surface area contributed by atoms with Crippen molar-refractivity contribution in [3.8, 4) is 0 Å². The molecule has 2 N–H and O–H groups in total. The molecule has 1 fully saturated rings. The molecule has 1 aliphatic heterocycles. The molecule has 0 aliphatic carbocycles. The number of esters is 1. The number of nitrogens with one attached hydrogen (secondary N) is 2. The number of nitrogens with zero attached hydrogens (tertiary/aromatic N) is 1. The predicted molar refractivity (Wildman–Crippen MR) is 106 cm³/mol. The number of hydrogen-bond donors (Lipinski definition) is 2. The van der Waals surface area contributed by atoms with E-state index in [1.54, 1.807) is 6.92 Å². The first kappa shape index (κ1) is 21.4. The average Bonchev–Trinajstić information content (AvgIpc) is 2.63. The maximum Gasteiger partial charge on any atom is 0.310 e. The summed E-state index contributed by atoms with van der Waals surface area (Å²) in [6.07, 6.45) is 1.63. The molecule has 1 aromatic carbocycles. The summed E-state index contributed by atoms with van der Waals surface area (Å²) in [6.45, 7) is 5.39. The Morgan fingerprint density at radius 2 is 2.07 bits per heavy atom. The van der Waals surface area contributed by atoms with Gasteiger partial charge in [0.25, 0.3) is 0 Å². The number of anilines is 1. The van der Waals surface area contributed by atoms with E-state index in [1.165, 1.54) is 0 Å². The van der Waals surface area contributed by atoms with Crippen LogP contribution in [-0.2, 0) is 19.1 Å². The number of benzene rings is 1. The second kappa shape index (κ2) is 10.4. The van der Waals surface area contributed by atoms with E-state index in [4.69, 9.17) is 4.74 Å². The molecule has 1 aliphatic rings. The van der Waals surface area contributed by atoms with Gasteiger partial charge in [0.15, 0.2) is 0 Å². The van der Waals surface area contributed by atoms with Gasteiger partial charge in [-0.15, -0.1) is 0 Å². The zero-order valence-electron chi connectivity index (χ0n) is 15.7. The number of rotatable bonds is 7. The highest BCUT2D eigenvalue weighted by atomic mass is 79.9. The standard InChI is InChI=1S/C19H26BrN3O4/c1-3-27-19(26)14-5-4-8-23(11-14)12-18(25)21-10-17(24)22-16-7-6-15(20)9-13(16)2/h6-7,9,14H,3-5,8,10-12H2,1-2H3,(H,21,25)(H,22,24). The molecular weight excluding hydrogens is 414 g/mol. The predicted octanol–water partition coefficient (Wildman–Crippen LogP) is 2.09. The van der Waals surface area contributed by atoms with E-state index in [1.807, 2.05) is 30.0 Å². The maximum absolute atomic E-state index is 12.1. The summed E-state index contributed by atoms with van der Waals surface area (Å²) in [5.74, 6) is -0.902. The van der Waals surface area contributed by atoms with E-state index >= 15 is 0 Å². The zero-order valence-corrected chi connectivity index (χ0v) is 17.3. The molecule has 0 spiro atoms. The third-order valence-electron chi connectivity index (χ3n) is 4.40. The van der Waals surface area contributed by atoms with Crippen LogP contribution < -0.4 is 10.6 Å². The van der Waals surface area contributed by atoms with Crippen molar-refractivity contribution in [3.63, 3.8) is 0 Å². The molecule has 0 bridgehead atoms. The summed E-state index contributed by atoms with van der Waals surface area (Å²) in [7, 11) is 0. The maximum atomic E-state index is 12.1. The van der Waals surface area contributed by atoms with Crippen LogP contribution in [-0.4, -0.2) is 55.5 Å². The minimum atomic E-state index is -0.281. The van der Waals surface area contributed by atoms with Crippen molar-refractivity contribution >= 4 is 39.4 Å². The van der Waals surface area contributed by atoms with Crippen molar-refractivity contribution in [3.05, 3.63) is 28.2 Å². The Kier molecular flexibility index (Phi) is 8.24. The molecule has 0 aromatic heterocycles. The summed E-state index contributed by atoms with van der Waals surface area (Å²) in [5, 5.41) is 5.42. The monoisotopic (exact) mass is 439 g/mol. The van der Waals surface area contributed by atoms with E-state index < -0.39 is 0 Å². The largest absolute Gasteiger partial charge is 0.466 e. The Balaban J connectivity index is 1.75. The average molecular weight is 440 g/mol. The zero-order chi connectivity index (χ0) is 19.8. The van der Waals surface area contributed by atoms with Gasteiger partial charge in [-0.25, -0.2) is 0 Å². The van der Waals surface area contributed by atoms with Crippen LogP contribution in [0, 0.1) is 12.8 Å². The minimum Gasteiger partial charge on any atom is -0.466 e. The second-order valence-corrected chi connectivity index (χ2v) is 7.53. The molecule has 1 unspecified atom stereocenters. The molecular formula is C19H26BrN3O4. The third kappa shape index (κ3) is 6.95. The lowest BCUT2D eigenvalue weighted by atomic mass is 9.98. The SMILES string of the molecule is CCOC(=O)C1CCCN(CC(=O)NCC(=O)Nc2ccc(Br)cc2C)C1. The van der Waals surface area contributed by atoms with Gasteiger partial charge in [0, 0.05) is 16.7 Å². The van der Waals surface area contributed by atoms with Crippen LogP contribution in [0.1, 0.15) is 25.3 Å². The number of likely N-dealkylation sites (tertiary alicyclic amines) is 1. The van der Waals surface area contributed by atoms with Gasteiger partial charge in [0.1, 0.15) is 0 Å². The smallest absolute Gasteiger partial charge is 0.310 e. The first-order valence-corrected chi connectivity index (χ1v) is 9.90. The number of piperidine rings is 1. The molecule has 0 radical (unpaired) electrons. The van der Waals surface area contributed by atoms with Gasteiger partial charge in [-0.3, -0.25) is 19.3 Å². The van der Waals surface area contributed by atoms with Gasteiger partial charge in [0.2, 0.25) is 11.8 Å². The van der Waals surface area contributed by atoms with Gasteiger partial charge in [-0.2, -0.15) is 0 Å². The van der Waals surface area contributed by atoms with Crippen molar-refractivity contribution in [2.45, 2.75) is 26.7 Å². The fourth-order valence-corrected chi connectivity index (χ4v) is 3.53. The number of carbonyl (C=O) groups excluding carboxylic acids is 3. The topological polar surface area (TPSA) is 87.7 Å². The lowest BCUT2D eigenvalue weighted by Gasteiger charge is -2.30. The highest BCUT2D eigenvalue weighted by molar-refractivity contribution is 9.10. The van der Waals surface area contributed by atoms with E-state index in [9.17, 15) is 14.4 Å². The van der Waals surface area contributed by atoms with Gasteiger partial charge in [0.05, 0.1) is 25.6 Å². The second-order valence-electron chi connectivity index (χ2n) is 6.61. The fraction of sp³-hybridized carbons (Fsp3) is 0.526. The molecule has 1 heterocycles. The number of halogens is 1. The number of aryl methyl sites for hydroxylation is 1. The fourth-order valence-electron chi connectivity index (χ4n) is 3.05. The van der Waals surface area contributed by atoms with Crippen molar-refractivity contribution in [1.29, 1.82) is 0 Å². The van der Waals surface area contributed by atoms with Crippen LogP contribution in [0.5, 0.6) is 0 Å². The lowest BCUT2D eigenvalue weighted by Crippen LogP contribution is -2.45. The van der Waals surface area contributed by atoms with Crippen LogP contribution in [0.4, 0.5) is 5.69 Å². The number of amides is 2. The molecule has 0 saturated carbocycles. The highest BCUT2D eigenvalue weighted by Gasteiger charge is 2.27. The molecule has 148 valence electrons. The van der Waals surface area contributed by atoms with Crippen molar-refractivity contribution in [2.75, 3.05) is 38.1 Å². The van der Waals surface area contributed by atoms with Crippen molar-refractivity contribution in [1.82, 2.24) is 10.2 Å². The van der Waals surface area contributed by atoms with E-state index in [2.05, 4.69) is 26.6 Å². The third-order valence-corrected chi connectivity index (χ3v) is 4.89. The Bertz CT molecular complexity index is 696. The Hall–Kier alpha value is -1.93. The lowest BCUT2D eigenvalue weighted by molar-refractivity contribution is -0.150. The van der Waals surface area contributed by atoms with Crippen molar-refractivity contribution in [2.24, 2.45) is 5.92 Å². The van der Waals surface area contributed by atoms with Crippen LogP contribution in [0.25, 0.3) is 0 Å². The van der Waals surface area contributed by atoms with Crippen molar-refractivity contribution < 1.29 is 19.1 Å². The summed E-state index contributed by atoms with van der Waals surface area (Å²) >= 11 is 3.38. The summed E-state index contributed by atoms with van der Waals surface area (Å²) in [4.78, 5) is 38.0. The van der Waals surface area contributed by atoms with Crippen LogP contribution >= 0.6 is 15.9 Å². The molecule has 1 aromatic rings. The van der Waals surface area contributed by atoms with Gasteiger partial charge >= 0.3 is 5.97 Å². The molecule has 2 amide bonds. The Labute approximate surface area is 167 Å². The quantitative estimate of drug-likeness (QED) is 0.635. The van der Waals surface area contributed by atoms with Crippen LogP contribution in [0.3, 0.4) is 0 Å². The van der Waals surface area contributed by atoms with E-state index in [0.717, 1.165) is 29.4 Å².